The Hall–Kier alpha value is -0.610. The van der Waals surface area contributed by atoms with Crippen LogP contribution in [0.1, 0.15) is 32.6 Å². The lowest BCUT2D eigenvalue weighted by Gasteiger charge is -2.34. The maximum absolute atomic E-state index is 11.7. The number of amides is 1. The fourth-order valence-corrected chi connectivity index (χ4v) is 2.47. The summed E-state index contributed by atoms with van der Waals surface area (Å²) in [4.78, 5) is 13.8. The van der Waals surface area contributed by atoms with Gasteiger partial charge in [-0.3, -0.25) is 9.69 Å². The molecule has 2 aliphatic rings. The van der Waals surface area contributed by atoms with Gasteiger partial charge in [-0.15, -0.1) is 0 Å². The Kier molecular flexibility index (Phi) is 4.40. The number of β-amino-alcohol motifs (C(OH)–C–C–N with tert-alkyl or cyclic N) is 1. The first-order chi connectivity index (χ1) is 8.15. The second kappa shape index (κ2) is 5.83. The molecule has 1 saturated carbocycles. The Bertz CT molecular complexity index is 266. The molecule has 1 aliphatic carbocycles. The van der Waals surface area contributed by atoms with Gasteiger partial charge in [0.05, 0.1) is 12.6 Å². The molecule has 1 saturated heterocycles. The van der Waals surface area contributed by atoms with Gasteiger partial charge in [-0.05, 0) is 37.6 Å². The van der Waals surface area contributed by atoms with E-state index in [2.05, 4.69) is 17.1 Å². The van der Waals surface area contributed by atoms with E-state index >= 15 is 0 Å². The lowest BCUT2D eigenvalue weighted by atomic mass is 9.85. The van der Waals surface area contributed by atoms with Crippen LogP contribution in [-0.4, -0.2) is 48.2 Å². The lowest BCUT2D eigenvalue weighted by molar-refractivity contribution is -0.123. The fourth-order valence-electron chi connectivity index (χ4n) is 2.47. The first-order valence-electron chi connectivity index (χ1n) is 6.82. The van der Waals surface area contributed by atoms with Gasteiger partial charge in [-0.1, -0.05) is 13.3 Å². The summed E-state index contributed by atoms with van der Waals surface area (Å²) in [6, 6.07) is 0. The predicted octanol–water partition coefficient (Wildman–Crippen LogP) is 0.605. The van der Waals surface area contributed by atoms with Crippen LogP contribution in [0.15, 0.2) is 0 Å². The van der Waals surface area contributed by atoms with Crippen molar-refractivity contribution < 1.29 is 9.90 Å². The van der Waals surface area contributed by atoms with E-state index in [-0.39, 0.29) is 12.0 Å². The molecule has 2 atom stereocenters. The van der Waals surface area contributed by atoms with E-state index in [1.807, 2.05) is 0 Å². The van der Waals surface area contributed by atoms with Crippen LogP contribution < -0.4 is 5.32 Å². The van der Waals surface area contributed by atoms with Crippen molar-refractivity contribution in [3.63, 3.8) is 0 Å². The van der Waals surface area contributed by atoms with Crippen LogP contribution in [0.5, 0.6) is 0 Å². The molecule has 0 spiro atoms. The van der Waals surface area contributed by atoms with E-state index < -0.39 is 0 Å². The zero-order valence-corrected chi connectivity index (χ0v) is 10.7. The average molecular weight is 240 g/mol. The number of carbonyl (C=O) groups excluding carboxylic acids is 1. The van der Waals surface area contributed by atoms with Crippen molar-refractivity contribution in [3.8, 4) is 0 Å². The second-order valence-corrected chi connectivity index (χ2v) is 5.67. The molecule has 4 heteroatoms. The highest BCUT2D eigenvalue weighted by Gasteiger charge is 2.25. The van der Waals surface area contributed by atoms with Gasteiger partial charge in [0.1, 0.15) is 0 Å². The van der Waals surface area contributed by atoms with Gasteiger partial charge in [0, 0.05) is 13.1 Å². The summed E-state index contributed by atoms with van der Waals surface area (Å²) in [5, 5.41) is 12.7. The van der Waals surface area contributed by atoms with E-state index in [1.54, 1.807) is 0 Å². The van der Waals surface area contributed by atoms with Crippen molar-refractivity contribution in [2.24, 2.45) is 11.8 Å². The smallest absolute Gasteiger partial charge is 0.234 e. The second-order valence-electron chi connectivity index (χ2n) is 5.67. The molecule has 1 amide bonds. The maximum Gasteiger partial charge on any atom is 0.234 e. The van der Waals surface area contributed by atoms with Crippen LogP contribution in [0.2, 0.25) is 0 Å². The number of aliphatic hydroxyl groups is 1. The third-order valence-electron chi connectivity index (χ3n) is 4.18. The SMILES string of the molecule is CC1CCN(CC(=O)NCC2CCC2)CC1O. The first-order valence-corrected chi connectivity index (χ1v) is 6.82. The molecule has 2 unspecified atom stereocenters. The van der Waals surface area contributed by atoms with Gasteiger partial charge < -0.3 is 10.4 Å². The number of aliphatic hydroxyl groups excluding tert-OH is 1. The summed E-state index contributed by atoms with van der Waals surface area (Å²) in [6.45, 7) is 4.91. The Morgan fingerprint density at radius 2 is 2.18 bits per heavy atom. The summed E-state index contributed by atoms with van der Waals surface area (Å²) < 4.78 is 0. The topological polar surface area (TPSA) is 52.6 Å². The van der Waals surface area contributed by atoms with Gasteiger partial charge in [-0.2, -0.15) is 0 Å². The van der Waals surface area contributed by atoms with E-state index in [9.17, 15) is 9.90 Å². The van der Waals surface area contributed by atoms with E-state index in [1.165, 1.54) is 19.3 Å². The van der Waals surface area contributed by atoms with Crippen LogP contribution in [0.25, 0.3) is 0 Å². The number of piperidine rings is 1. The Balaban J connectivity index is 1.64. The molecule has 4 nitrogen and oxygen atoms in total. The number of nitrogens with one attached hydrogen (secondary N) is 1. The van der Waals surface area contributed by atoms with Crippen molar-refractivity contribution in [2.45, 2.75) is 38.7 Å². The summed E-state index contributed by atoms with van der Waals surface area (Å²) in [7, 11) is 0. The molecule has 0 aromatic heterocycles. The van der Waals surface area contributed by atoms with Crippen molar-refractivity contribution in [2.75, 3.05) is 26.2 Å². The molecule has 0 radical (unpaired) electrons. The van der Waals surface area contributed by atoms with Crippen LogP contribution in [-0.2, 0) is 4.79 Å². The van der Waals surface area contributed by atoms with Crippen LogP contribution >= 0.6 is 0 Å². The van der Waals surface area contributed by atoms with E-state index in [0.717, 1.165) is 19.5 Å². The molecule has 2 fully saturated rings. The van der Waals surface area contributed by atoms with Gasteiger partial charge >= 0.3 is 0 Å². The summed E-state index contributed by atoms with van der Waals surface area (Å²) >= 11 is 0. The highest BCUT2D eigenvalue weighted by molar-refractivity contribution is 5.78. The number of hydrogen-bond acceptors (Lipinski definition) is 3. The Morgan fingerprint density at radius 3 is 2.76 bits per heavy atom. The number of nitrogens with zero attached hydrogens (tertiary/aromatic N) is 1. The number of likely N-dealkylation sites (tertiary alicyclic amines) is 1. The minimum atomic E-state index is -0.275. The molecule has 1 aliphatic heterocycles. The van der Waals surface area contributed by atoms with Crippen LogP contribution in [0, 0.1) is 11.8 Å². The summed E-state index contributed by atoms with van der Waals surface area (Å²) in [6.07, 6.45) is 4.55. The molecule has 0 aromatic rings. The number of carbonyl (C=O) groups is 1. The van der Waals surface area contributed by atoms with Crippen molar-refractivity contribution in [3.05, 3.63) is 0 Å². The third-order valence-corrected chi connectivity index (χ3v) is 4.18. The van der Waals surface area contributed by atoms with Crippen LogP contribution in [0.4, 0.5) is 0 Å². The molecular formula is C13H24N2O2. The molecule has 17 heavy (non-hydrogen) atoms. The normalized spacial score (nSPS) is 30.9. The lowest BCUT2D eigenvalue weighted by Crippen LogP contribution is -2.47. The van der Waals surface area contributed by atoms with Crippen molar-refractivity contribution in [1.29, 1.82) is 0 Å². The molecule has 2 N–H and O–H groups in total. The van der Waals surface area contributed by atoms with Gasteiger partial charge in [0.2, 0.25) is 5.91 Å². The van der Waals surface area contributed by atoms with Gasteiger partial charge in [0.25, 0.3) is 0 Å². The largest absolute Gasteiger partial charge is 0.392 e. The minimum absolute atomic E-state index is 0.110. The predicted molar refractivity (Wildman–Crippen MR) is 66.6 cm³/mol. The number of rotatable bonds is 4. The first kappa shape index (κ1) is 12.8. The maximum atomic E-state index is 11.7. The molecule has 0 bridgehead atoms. The van der Waals surface area contributed by atoms with Crippen LogP contribution in [0.3, 0.4) is 0 Å². The van der Waals surface area contributed by atoms with E-state index in [4.69, 9.17) is 0 Å². The Labute approximate surface area is 103 Å². The molecular weight excluding hydrogens is 216 g/mol. The molecule has 2 rings (SSSR count). The summed E-state index contributed by atoms with van der Waals surface area (Å²) in [5.74, 6) is 1.19. The standard InChI is InChI=1S/C13H24N2O2/c1-10-5-6-15(8-12(10)16)9-13(17)14-7-11-3-2-4-11/h10-12,16H,2-9H2,1H3,(H,14,17). The monoisotopic (exact) mass is 240 g/mol. The summed E-state index contributed by atoms with van der Waals surface area (Å²) in [5.41, 5.74) is 0. The molecule has 1 heterocycles. The zero-order chi connectivity index (χ0) is 12.3. The molecule has 0 aromatic carbocycles. The molecule has 98 valence electrons. The minimum Gasteiger partial charge on any atom is -0.392 e. The van der Waals surface area contributed by atoms with E-state index in [0.29, 0.717) is 24.9 Å². The highest BCUT2D eigenvalue weighted by Crippen LogP contribution is 2.25. The van der Waals surface area contributed by atoms with Gasteiger partial charge in [-0.25, -0.2) is 0 Å². The quantitative estimate of drug-likeness (QED) is 0.757. The Morgan fingerprint density at radius 1 is 1.41 bits per heavy atom. The van der Waals surface area contributed by atoms with Gasteiger partial charge in [0.15, 0.2) is 0 Å². The van der Waals surface area contributed by atoms with Crippen molar-refractivity contribution in [1.82, 2.24) is 10.2 Å². The number of hydrogen-bond donors (Lipinski definition) is 2. The third kappa shape index (κ3) is 3.68. The van der Waals surface area contributed by atoms with Crippen molar-refractivity contribution >= 4 is 5.91 Å². The highest BCUT2D eigenvalue weighted by atomic mass is 16.3. The fraction of sp³-hybridized carbons (Fsp3) is 0.923. The average Bonchev–Trinajstić information content (AvgIpc) is 2.21. The zero-order valence-electron chi connectivity index (χ0n) is 10.7.